The van der Waals surface area contributed by atoms with E-state index in [1.807, 2.05) is 19.9 Å². The highest BCUT2D eigenvalue weighted by Crippen LogP contribution is 2.53. The third-order valence-corrected chi connectivity index (χ3v) is 5.55. The molecule has 3 fully saturated rings. The SMILES string of the molecule is COC(=O)C1C2OC3C1C(=O)N(C(C)C)C3C2OC(=O)c1ccccc1. The predicted molar refractivity (Wildman–Crippen MR) is 89.1 cm³/mol. The van der Waals surface area contributed by atoms with Crippen molar-refractivity contribution in [1.82, 2.24) is 4.90 Å². The van der Waals surface area contributed by atoms with Crippen LogP contribution in [0.3, 0.4) is 0 Å². The number of amides is 1. The molecule has 3 heterocycles. The molecule has 0 N–H and O–H groups in total. The predicted octanol–water partition coefficient (Wildman–Crippen LogP) is 1.02. The van der Waals surface area contributed by atoms with Crippen molar-refractivity contribution in [3.05, 3.63) is 35.9 Å². The number of hydrogen-bond donors (Lipinski definition) is 0. The van der Waals surface area contributed by atoms with E-state index in [2.05, 4.69) is 0 Å². The Balaban J connectivity index is 1.67. The van der Waals surface area contributed by atoms with Crippen molar-refractivity contribution in [3.63, 3.8) is 0 Å². The van der Waals surface area contributed by atoms with E-state index in [0.29, 0.717) is 5.56 Å². The van der Waals surface area contributed by atoms with E-state index in [4.69, 9.17) is 14.2 Å². The third-order valence-electron chi connectivity index (χ3n) is 5.55. The van der Waals surface area contributed by atoms with Gasteiger partial charge in [0.15, 0.2) is 6.10 Å². The smallest absolute Gasteiger partial charge is 0.338 e. The Morgan fingerprint density at radius 3 is 2.46 bits per heavy atom. The van der Waals surface area contributed by atoms with E-state index in [1.165, 1.54) is 7.11 Å². The summed E-state index contributed by atoms with van der Waals surface area (Å²) in [4.78, 5) is 39.5. The molecule has 26 heavy (non-hydrogen) atoms. The molecule has 0 aliphatic carbocycles. The van der Waals surface area contributed by atoms with Crippen molar-refractivity contribution in [1.29, 1.82) is 0 Å². The molecular weight excluding hydrogens is 338 g/mol. The minimum atomic E-state index is -0.744. The van der Waals surface area contributed by atoms with E-state index in [1.54, 1.807) is 29.2 Å². The number of ether oxygens (including phenoxy) is 3. The van der Waals surface area contributed by atoms with Gasteiger partial charge in [-0.05, 0) is 26.0 Å². The van der Waals surface area contributed by atoms with Crippen LogP contribution in [-0.2, 0) is 23.8 Å². The second-order valence-electron chi connectivity index (χ2n) is 7.21. The first kappa shape index (κ1) is 17.0. The van der Waals surface area contributed by atoms with Gasteiger partial charge >= 0.3 is 11.9 Å². The molecule has 4 rings (SSSR count). The van der Waals surface area contributed by atoms with Crippen LogP contribution in [0.2, 0.25) is 0 Å². The summed E-state index contributed by atoms with van der Waals surface area (Å²) in [5.41, 5.74) is 0.418. The van der Waals surface area contributed by atoms with Gasteiger partial charge in [0, 0.05) is 6.04 Å². The summed E-state index contributed by atoms with van der Waals surface area (Å²) >= 11 is 0. The van der Waals surface area contributed by atoms with Crippen LogP contribution in [0.15, 0.2) is 30.3 Å². The summed E-state index contributed by atoms with van der Waals surface area (Å²) in [7, 11) is 1.29. The number of methoxy groups -OCH3 is 1. The van der Waals surface area contributed by atoms with Gasteiger partial charge < -0.3 is 19.1 Å². The average molecular weight is 359 g/mol. The Labute approximate surface area is 151 Å². The Kier molecular flexibility index (Phi) is 3.99. The lowest BCUT2D eigenvalue weighted by atomic mass is 9.78. The molecule has 2 bridgehead atoms. The maximum atomic E-state index is 12.9. The van der Waals surface area contributed by atoms with Crippen LogP contribution in [0.5, 0.6) is 0 Å². The third kappa shape index (κ3) is 2.26. The standard InChI is InChI=1S/C19H21NO6/c1-9(2)20-13-14-11(17(20)21)12(19(23)24-3)15(25-14)16(13)26-18(22)10-7-5-4-6-8-10/h4-9,11-16H,1-3H3. The van der Waals surface area contributed by atoms with Crippen LogP contribution in [0.4, 0.5) is 0 Å². The minimum absolute atomic E-state index is 0.0864. The first-order valence-corrected chi connectivity index (χ1v) is 8.77. The van der Waals surface area contributed by atoms with Crippen LogP contribution in [0, 0.1) is 11.8 Å². The maximum absolute atomic E-state index is 12.9. The topological polar surface area (TPSA) is 82.1 Å². The molecule has 0 aromatic heterocycles. The van der Waals surface area contributed by atoms with Crippen molar-refractivity contribution in [3.8, 4) is 0 Å². The molecule has 138 valence electrons. The lowest BCUT2D eigenvalue weighted by molar-refractivity contribution is -0.152. The molecule has 1 aromatic rings. The molecule has 1 aromatic carbocycles. The minimum Gasteiger partial charge on any atom is -0.469 e. The molecule has 0 radical (unpaired) electrons. The zero-order chi connectivity index (χ0) is 18.6. The highest BCUT2D eigenvalue weighted by atomic mass is 16.6. The molecule has 3 aliphatic heterocycles. The quantitative estimate of drug-likeness (QED) is 0.747. The van der Waals surface area contributed by atoms with Crippen LogP contribution in [0.1, 0.15) is 24.2 Å². The summed E-state index contributed by atoms with van der Waals surface area (Å²) in [6.07, 6.45) is -1.81. The molecule has 3 saturated heterocycles. The molecule has 0 spiro atoms. The summed E-state index contributed by atoms with van der Waals surface area (Å²) in [5.74, 6) is -2.43. The average Bonchev–Trinajstić information content (AvgIpc) is 3.24. The molecule has 7 nitrogen and oxygen atoms in total. The molecule has 6 atom stereocenters. The lowest BCUT2D eigenvalue weighted by Gasteiger charge is -2.33. The second kappa shape index (κ2) is 6.09. The Morgan fingerprint density at radius 1 is 1.15 bits per heavy atom. The van der Waals surface area contributed by atoms with Crippen LogP contribution in [0.25, 0.3) is 0 Å². The van der Waals surface area contributed by atoms with Crippen molar-refractivity contribution in [2.45, 2.75) is 44.2 Å². The zero-order valence-electron chi connectivity index (χ0n) is 14.8. The molecule has 1 amide bonds. The molecule has 0 saturated carbocycles. The van der Waals surface area contributed by atoms with Crippen LogP contribution >= 0.6 is 0 Å². The number of hydrogen-bond acceptors (Lipinski definition) is 6. The first-order valence-electron chi connectivity index (χ1n) is 8.77. The van der Waals surface area contributed by atoms with Crippen molar-refractivity contribution in [2.75, 3.05) is 7.11 Å². The highest BCUT2D eigenvalue weighted by Gasteiger charge is 2.72. The summed E-state index contributed by atoms with van der Waals surface area (Å²) in [6.45, 7) is 3.80. The second-order valence-corrected chi connectivity index (χ2v) is 7.21. The normalized spacial score (nSPS) is 34.5. The zero-order valence-corrected chi connectivity index (χ0v) is 14.8. The van der Waals surface area contributed by atoms with Crippen molar-refractivity contribution in [2.24, 2.45) is 11.8 Å². The van der Waals surface area contributed by atoms with Gasteiger partial charge in [0.05, 0.1) is 30.7 Å². The van der Waals surface area contributed by atoms with E-state index in [0.717, 1.165) is 0 Å². The van der Waals surface area contributed by atoms with E-state index >= 15 is 0 Å². The fourth-order valence-electron chi connectivity index (χ4n) is 4.56. The summed E-state index contributed by atoms with van der Waals surface area (Å²) in [6, 6.07) is 8.18. The van der Waals surface area contributed by atoms with E-state index in [9.17, 15) is 14.4 Å². The maximum Gasteiger partial charge on any atom is 0.338 e. The van der Waals surface area contributed by atoms with Crippen LogP contribution < -0.4 is 0 Å². The van der Waals surface area contributed by atoms with Gasteiger partial charge in [-0.25, -0.2) is 4.79 Å². The number of carbonyl (C=O) groups is 3. The number of nitrogens with zero attached hydrogens (tertiary/aromatic N) is 1. The van der Waals surface area contributed by atoms with Gasteiger partial charge in [0.1, 0.15) is 12.0 Å². The van der Waals surface area contributed by atoms with E-state index < -0.39 is 42.1 Å². The van der Waals surface area contributed by atoms with E-state index in [-0.39, 0.29) is 18.0 Å². The molecule has 6 unspecified atom stereocenters. The van der Waals surface area contributed by atoms with Gasteiger partial charge in [-0.3, -0.25) is 9.59 Å². The molecule has 3 aliphatic rings. The van der Waals surface area contributed by atoms with Crippen molar-refractivity contribution < 1.29 is 28.6 Å². The fourth-order valence-corrected chi connectivity index (χ4v) is 4.56. The Morgan fingerprint density at radius 2 is 1.85 bits per heavy atom. The lowest BCUT2D eigenvalue weighted by Crippen LogP contribution is -2.51. The Hall–Kier alpha value is -2.41. The van der Waals surface area contributed by atoms with Crippen LogP contribution in [-0.4, -0.2) is 60.3 Å². The Bertz CT molecular complexity index is 748. The highest BCUT2D eigenvalue weighted by molar-refractivity contribution is 5.92. The van der Waals surface area contributed by atoms with Crippen molar-refractivity contribution >= 4 is 17.8 Å². The van der Waals surface area contributed by atoms with Gasteiger partial charge in [-0.15, -0.1) is 0 Å². The summed E-state index contributed by atoms with van der Waals surface area (Å²) < 4.78 is 16.6. The molecular formula is C19H21NO6. The molecule has 7 heteroatoms. The van der Waals surface area contributed by atoms with Gasteiger partial charge in [0.25, 0.3) is 0 Å². The number of esters is 2. The number of benzene rings is 1. The summed E-state index contributed by atoms with van der Waals surface area (Å²) in [5, 5.41) is 0. The number of fused-ring (bicyclic) bond motifs is 1. The van der Waals surface area contributed by atoms with Gasteiger partial charge in [0.2, 0.25) is 5.91 Å². The number of rotatable bonds is 4. The fraction of sp³-hybridized carbons (Fsp3) is 0.526. The van der Waals surface area contributed by atoms with Gasteiger partial charge in [-0.2, -0.15) is 0 Å². The number of likely N-dealkylation sites (tertiary alicyclic amines) is 1. The number of carbonyl (C=O) groups excluding carboxylic acids is 3. The monoisotopic (exact) mass is 359 g/mol. The van der Waals surface area contributed by atoms with Gasteiger partial charge in [-0.1, -0.05) is 18.2 Å². The largest absolute Gasteiger partial charge is 0.469 e. The first-order chi connectivity index (χ1) is 12.5.